The highest BCUT2D eigenvalue weighted by atomic mass is 32.5. The number of carbonyl (C=O) groups excluding carboxylic acids is 1. The number of amides is 1. The number of hydrogen-bond donors (Lipinski definition) is 1. The Labute approximate surface area is 53.3 Å². The minimum absolute atomic E-state index is 0.319. The minimum Gasteiger partial charge on any atom is -0.274 e. The van der Waals surface area contributed by atoms with Gasteiger partial charge in [0.2, 0.25) is 5.91 Å². The maximum atomic E-state index is 11.1. The summed E-state index contributed by atoms with van der Waals surface area (Å²) in [6.07, 6.45) is 0. The molecule has 0 fully saturated rings. The number of nitrogens with one attached hydrogen (secondary N) is 1. The van der Waals surface area contributed by atoms with E-state index in [0.29, 0.717) is 6.92 Å². The Morgan fingerprint density at radius 1 is 1.20 bits per heavy atom. The number of carbonyl (C=O) groups is 1. The van der Waals surface area contributed by atoms with E-state index in [9.17, 15) is 24.2 Å². The van der Waals surface area contributed by atoms with Crippen LogP contribution in [0, 0.1) is 0 Å². The summed E-state index contributed by atoms with van der Waals surface area (Å²) in [4.78, 5) is 9.59. The van der Waals surface area contributed by atoms with Crippen molar-refractivity contribution in [3.8, 4) is 0 Å². The molecule has 0 saturated carbocycles. The van der Waals surface area contributed by atoms with Gasteiger partial charge >= 0.3 is 10.4 Å². The Bertz CT molecular complexity index is 167. The Balaban J connectivity index is 4.59. The molecule has 0 spiro atoms. The number of hydrogen-bond acceptors (Lipinski definition) is 1. The van der Waals surface area contributed by atoms with E-state index in [4.69, 9.17) is 0 Å². The highest BCUT2D eigenvalue weighted by molar-refractivity contribution is 8.44. The molecule has 0 unspecified atom stereocenters. The molecule has 10 heavy (non-hydrogen) atoms. The molecule has 1 N–H and O–H groups in total. The van der Waals surface area contributed by atoms with Crippen LogP contribution in [0.2, 0.25) is 0 Å². The quantitative estimate of drug-likeness (QED) is 0.624. The molecular formula is C2H4F5NOS. The van der Waals surface area contributed by atoms with E-state index in [-0.39, 0.29) is 4.72 Å². The lowest BCUT2D eigenvalue weighted by molar-refractivity contribution is -0.117. The van der Waals surface area contributed by atoms with Crippen molar-refractivity contribution in [2.45, 2.75) is 6.92 Å². The Kier molecular flexibility index (Phi) is 1.31. The second kappa shape index (κ2) is 1.39. The standard InChI is InChI=1S/C2H4F5NOS/c1-2(9)8-10(3,4,5,6)7/h1H3,(H,8,9). The second-order valence-corrected chi connectivity index (χ2v) is 3.77. The fourth-order valence-corrected chi connectivity index (χ4v) is 0.815. The molecule has 0 aliphatic heterocycles. The summed E-state index contributed by atoms with van der Waals surface area (Å²) in [7, 11) is -9.70. The molecule has 0 heterocycles. The zero-order chi connectivity index (χ0) is 8.69. The van der Waals surface area contributed by atoms with Crippen LogP contribution in [0.5, 0.6) is 0 Å². The third-order valence-corrected chi connectivity index (χ3v) is 1.01. The van der Waals surface area contributed by atoms with E-state index in [1.54, 1.807) is 0 Å². The lowest BCUT2D eigenvalue weighted by atomic mass is 10.8. The van der Waals surface area contributed by atoms with Crippen LogP contribution >= 0.6 is 10.4 Å². The summed E-state index contributed by atoms with van der Waals surface area (Å²) in [5.41, 5.74) is 0. The second-order valence-electron chi connectivity index (χ2n) is 1.63. The Morgan fingerprint density at radius 3 is 1.50 bits per heavy atom. The summed E-state index contributed by atoms with van der Waals surface area (Å²) in [5.74, 6) is -1.82. The Hall–Kier alpha value is -0.530. The molecule has 0 aliphatic rings. The molecule has 0 aliphatic carbocycles. The van der Waals surface area contributed by atoms with Crippen LogP contribution in [0.25, 0.3) is 0 Å². The SMILES string of the molecule is CC(=O)NS(F)(F)(F)(F)F. The van der Waals surface area contributed by atoms with Crippen LogP contribution in [0.3, 0.4) is 0 Å². The summed E-state index contributed by atoms with van der Waals surface area (Å²) in [6.45, 7) is 0.359. The van der Waals surface area contributed by atoms with Crippen molar-refractivity contribution in [3.05, 3.63) is 0 Å². The molecule has 0 aromatic carbocycles. The highest BCUT2D eigenvalue weighted by Crippen LogP contribution is 2.94. The van der Waals surface area contributed by atoms with Crippen molar-refractivity contribution in [3.63, 3.8) is 0 Å². The fourth-order valence-electron chi connectivity index (χ4n) is 0.272. The van der Waals surface area contributed by atoms with Crippen LogP contribution < -0.4 is 4.72 Å². The lowest BCUT2D eigenvalue weighted by Gasteiger charge is -2.39. The normalized spacial score (nSPS) is 19.0. The van der Waals surface area contributed by atoms with Crippen molar-refractivity contribution in [1.82, 2.24) is 4.72 Å². The third-order valence-electron chi connectivity index (χ3n) is 0.337. The average molecular weight is 185 g/mol. The molecule has 0 aromatic rings. The van der Waals surface area contributed by atoms with Crippen molar-refractivity contribution in [1.29, 1.82) is 0 Å². The van der Waals surface area contributed by atoms with Gasteiger partial charge in [-0.25, -0.2) is 4.72 Å². The zero-order valence-electron chi connectivity index (χ0n) is 4.71. The maximum Gasteiger partial charge on any atom is 0.364 e. The molecule has 8 heteroatoms. The van der Waals surface area contributed by atoms with Gasteiger partial charge in [-0.1, -0.05) is 19.4 Å². The van der Waals surface area contributed by atoms with Crippen LogP contribution in [-0.4, -0.2) is 5.91 Å². The van der Waals surface area contributed by atoms with Crippen molar-refractivity contribution in [2.75, 3.05) is 0 Å². The van der Waals surface area contributed by atoms with Crippen molar-refractivity contribution < 1.29 is 24.2 Å². The third kappa shape index (κ3) is 7.47. The fraction of sp³-hybridized carbons (Fsp3) is 0.500. The molecule has 0 bridgehead atoms. The van der Waals surface area contributed by atoms with E-state index >= 15 is 0 Å². The lowest BCUT2D eigenvalue weighted by Crippen LogP contribution is -2.31. The average Bonchev–Trinajstić information content (AvgIpc) is 1.12. The van der Waals surface area contributed by atoms with Crippen LogP contribution in [-0.2, 0) is 4.79 Å². The molecule has 1 amide bonds. The first-order chi connectivity index (χ1) is 3.89. The van der Waals surface area contributed by atoms with E-state index in [2.05, 4.69) is 0 Å². The molecule has 64 valence electrons. The first kappa shape index (κ1) is 9.47. The molecule has 0 rings (SSSR count). The van der Waals surface area contributed by atoms with Gasteiger partial charge in [0.05, 0.1) is 0 Å². The highest BCUT2D eigenvalue weighted by Gasteiger charge is 2.64. The largest absolute Gasteiger partial charge is 0.364 e. The molecule has 0 aromatic heterocycles. The summed E-state index contributed by atoms with van der Waals surface area (Å²) in [5, 5.41) is 0. The Morgan fingerprint density at radius 2 is 1.50 bits per heavy atom. The maximum absolute atomic E-state index is 11.1. The van der Waals surface area contributed by atoms with E-state index in [0.717, 1.165) is 0 Å². The molecular weight excluding hydrogens is 181 g/mol. The van der Waals surface area contributed by atoms with E-state index in [1.807, 2.05) is 0 Å². The first-order valence-electron chi connectivity index (χ1n) is 1.93. The van der Waals surface area contributed by atoms with Gasteiger partial charge in [0.1, 0.15) is 0 Å². The number of rotatable bonds is 1. The minimum atomic E-state index is -9.70. The van der Waals surface area contributed by atoms with Gasteiger partial charge in [0, 0.05) is 6.92 Å². The van der Waals surface area contributed by atoms with Crippen LogP contribution in [0.1, 0.15) is 6.92 Å². The van der Waals surface area contributed by atoms with E-state index < -0.39 is 16.3 Å². The van der Waals surface area contributed by atoms with Gasteiger partial charge in [-0.05, 0) is 0 Å². The summed E-state index contributed by atoms with van der Waals surface area (Å²) in [6, 6.07) is 0. The van der Waals surface area contributed by atoms with Gasteiger partial charge < -0.3 is 0 Å². The molecule has 2 nitrogen and oxygen atoms in total. The topological polar surface area (TPSA) is 29.1 Å². The van der Waals surface area contributed by atoms with Crippen molar-refractivity contribution in [2.24, 2.45) is 0 Å². The summed E-state index contributed by atoms with van der Waals surface area (Å²) < 4.78 is 55.4. The van der Waals surface area contributed by atoms with Gasteiger partial charge in [-0.2, -0.15) is 0 Å². The monoisotopic (exact) mass is 185 g/mol. The van der Waals surface area contributed by atoms with Crippen LogP contribution in [0.4, 0.5) is 19.4 Å². The van der Waals surface area contributed by atoms with Gasteiger partial charge in [-0.15, -0.1) is 0 Å². The molecule has 0 saturated heterocycles. The smallest absolute Gasteiger partial charge is 0.274 e. The first-order valence-corrected chi connectivity index (χ1v) is 3.88. The molecule has 0 atom stereocenters. The van der Waals surface area contributed by atoms with Crippen LogP contribution in [0.15, 0.2) is 0 Å². The van der Waals surface area contributed by atoms with E-state index in [1.165, 1.54) is 0 Å². The predicted octanol–water partition coefficient (Wildman–Crippen LogP) is 2.34. The molecule has 0 radical (unpaired) electrons. The predicted molar refractivity (Wildman–Crippen MR) is 26.9 cm³/mol. The number of halogens is 5. The van der Waals surface area contributed by atoms with Gasteiger partial charge in [0.15, 0.2) is 0 Å². The van der Waals surface area contributed by atoms with Gasteiger partial charge in [0.25, 0.3) is 0 Å². The zero-order valence-corrected chi connectivity index (χ0v) is 5.52. The summed E-state index contributed by atoms with van der Waals surface area (Å²) >= 11 is 0. The van der Waals surface area contributed by atoms with Gasteiger partial charge in [-0.3, -0.25) is 4.79 Å². The van der Waals surface area contributed by atoms with Crippen molar-refractivity contribution >= 4 is 16.3 Å².